The Morgan fingerprint density at radius 2 is 1.62 bits per heavy atom. The molecule has 29 heavy (non-hydrogen) atoms. The van der Waals surface area contributed by atoms with E-state index in [4.69, 9.17) is 0 Å². The van der Waals surface area contributed by atoms with Gasteiger partial charge in [0, 0.05) is 12.5 Å². The Morgan fingerprint density at radius 3 is 2.17 bits per heavy atom. The summed E-state index contributed by atoms with van der Waals surface area (Å²) in [5.41, 5.74) is 2.29. The summed E-state index contributed by atoms with van der Waals surface area (Å²) in [4.78, 5) is 12.3. The molecular weight excluding hydrogens is 382 g/mol. The fraction of sp³-hybridized carbons (Fsp3) is 0.364. The lowest BCUT2D eigenvalue weighted by Gasteiger charge is -2.19. The number of carbonyl (C=O) groups excluding carboxylic acids is 1. The first-order valence-corrected chi connectivity index (χ1v) is 10.7. The molecule has 0 aliphatic rings. The topological polar surface area (TPSA) is 72.7 Å². The molecule has 0 spiro atoms. The minimum atomic E-state index is -0.221. The largest absolute Gasteiger partial charge is 0.355 e. The quantitative estimate of drug-likeness (QED) is 0.572. The number of carbonyl (C=O) groups is 1. The minimum Gasteiger partial charge on any atom is -0.355 e. The predicted octanol–water partition coefficient (Wildman–Crippen LogP) is 3.86. The average Bonchev–Trinajstić information content (AvgIpc) is 3.20. The van der Waals surface area contributed by atoms with Gasteiger partial charge in [-0.15, -0.1) is 5.10 Å². The second-order valence-corrected chi connectivity index (χ2v) is 8.79. The lowest BCUT2D eigenvalue weighted by atomic mass is 9.88. The standard InChI is InChI=1S/C22H27N5OS/c1-22(2,3)27-21(24-25-26-27)29-16-20(28)23-15-14-19(17-10-6-4-7-11-17)18-12-8-5-9-13-18/h4-13,19H,14-16H2,1-3H3,(H,23,28). The van der Waals surface area contributed by atoms with Crippen LogP contribution in [0.1, 0.15) is 44.2 Å². The third-order valence-electron chi connectivity index (χ3n) is 4.57. The molecule has 0 fully saturated rings. The average molecular weight is 410 g/mol. The van der Waals surface area contributed by atoms with Crippen LogP contribution in [0.5, 0.6) is 0 Å². The highest BCUT2D eigenvalue weighted by Gasteiger charge is 2.20. The van der Waals surface area contributed by atoms with Crippen molar-refractivity contribution in [1.29, 1.82) is 0 Å². The van der Waals surface area contributed by atoms with Gasteiger partial charge >= 0.3 is 0 Å². The first-order valence-electron chi connectivity index (χ1n) is 9.73. The van der Waals surface area contributed by atoms with E-state index < -0.39 is 0 Å². The van der Waals surface area contributed by atoms with Gasteiger partial charge in [0.25, 0.3) is 0 Å². The fourth-order valence-electron chi connectivity index (χ4n) is 3.12. The van der Waals surface area contributed by atoms with Crippen LogP contribution < -0.4 is 5.32 Å². The maximum atomic E-state index is 12.3. The summed E-state index contributed by atoms with van der Waals surface area (Å²) in [5.74, 6) is 0.523. The zero-order valence-electron chi connectivity index (χ0n) is 17.1. The molecule has 2 aromatic carbocycles. The van der Waals surface area contributed by atoms with Crippen molar-refractivity contribution in [1.82, 2.24) is 25.5 Å². The highest BCUT2D eigenvalue weighted by Crippen LogP contribution is 2.27. The van der Waals surface area contributed by atoms with Gasteiger partial charge in [-0.1, -0.05) is 72.4 Å². The monoisotopic (exact) mass is 409 g/mol. The first kappa shape index (κ1) is 21.0. The number of rotatable bonds is 8. The van der Waals surface area contributed by atoms with Crippen molar-refractivity contribution in [3.05, 3.63) is 71.8 Å². The molecule has 152 valence electrons. The van der Waals surface area contributed by atoms with Crippen molar-refractivity contribution >= 4 is 17.7 Å². The SMILES string of the molecule is CC(C)(C)n1nnnc1SCC(=O)NCCC(c1ccccc1)c1ccccc1. The molecule has 6 nitrogen and oxygen atoms in total. The number of tetrazole rings is 1. The summed E-state index contributed by atoms with van der Waals surface area (Å²) in [6.07, 6.45) is 0.837. The lowest BCUT2D eigenvalue weighted by molar-refractivity contribution is -0.118. The molecule has 0 radical (unpaired) electrons. The Labute approximate surface area is 176 Å². The number of aromatic nitrogens is 4. The van der Waals surface area contributed by atoms with Crippen LogP contribution in [-0.4, -0.2) is 38.4 Å². The third-order valence-corrected chi connectivity index (χ3v) is 5.49. The van der Waals surface area contributed by atoms with Gasteiger partial charge in [0.05, 0.1) is 11.3 Å². The molecule has 0 saturated heterocycles. The number of hydrogen-bond donors (Lipinski definition) is 1. The second-order valence-electron chi connectivity index (χ2n) is 7.85. The molecule has 0 aliphatic heterocycles. The van der Waals surface area contributed by atoms with E-state index in [1.54, 1.807) is 4.68 Å². The van der Waals surface area contributed by atoms with Crippen molar-refractivity contribution < 1.29 is 4.79 Å². The van der Waals surface area contributed by atoms with Gasteiger partial charge < -0.3 is 5.32 Å². The smallest absolute Gasteiger partial charge is 0.230 e. The maximum absolute atomic E-state index is 12.3. The van der Waals surface area contributed by atoms with Gasteiger partial charge in [0.1, 0.15) is 0 Å². The van der Waals surface area contributed by atoms with Gasteiger partial charge in [-0.25, -0.2) is 4.68 Å². The summed E-state index contributed by atoms with van der Waals surface area (Å²) in [6, 6.07) is 20.8. The Hall–Kier alpha value is -2.67. The molecule has 7 heteroatoms. The maximum Gasteiger partial charge on any atom is 0.230 e. The highest BCUT2D eigenvalue weighted by atomic mass is 32.2. The molecule has 1 heterocycles. The normalized spacial score (nSPS) is 11.6. The van der Waals surface area contributed by atoms with E-state index in [2.05, 4.69) is 69.4 Å². The number of thioether (sulfide) groups is 1. The zero-order chi connectivity index (χ0) is 20.7. The molecule has 0 bridgehead atoms. The Balaban J connectivity index is 1.55. The molecule has 0 unspecified atom stereocenters. The minimum absolute atomic E-state index is 0.0154. The second kappa shape index (κ2) is 9.69. The van der Waals surface area contributed by atoms with Gasteiger partial charge in [0.15, 0.2) is 0 Å². The van der Waals surface area contributed by atoms with Crippen LogP contribution in [0.3, 0.4) is 0 Å². The molecule has 3 aromatic rings. The van der Waals surface area contributed by atoms with Crippen molar-refractivity contribution in [3.8, 4) is 0 Å². The van der Waals surface area contributed by atoms with E-state index in [0.29, 0.717) is 11.7 Å². The molecule has 3 rings (SSSR count). The molecule has 0 atom stereocenters. The van der Waals surface area contributed by atoms with Crippen LogP contribution >= 0.6 is 11.8 Å². The number of hydrogen-bond acceptors (Lipinski definition) is 5. The first-order chi connectivity index (χ1) is 13.9. The number of nitrogens with zero attached hydrogens (tertiary/aromatic N) is 4. The van der Waals surface area contributed by atoms with Crippen molar-refractivity contribution in [3.63, 3.8) is 0 Å². The molecule has 0 aliphatic carbocycles. The Bertz CT molecular complexity index is 866. The molecule has 1 N–H and O–H groups in total. The Morgan fingerprint density at radius 1 is 1.03 bits per heavy atom. The van der Waals surface area contributed by atoms with E-state index in [1.807, 2.05) is 32.9 Å². The number of amides is 1. The predicted molar refractivity (Wildman–Crippen MR) is 116 cm³/mol. The molecule has 1 aromatic heterocycles. The van der Waals surface area contributed by atoms with Gasteiger partial charge in [-0.2, -0.15) is 0 Å². The van der Waals surface area contributed by atoms with Crippen LogP contribution in [0.15, 0.2) is 65.8 Å². The van der Waals surface area contributed by atoms with Crippen molar-refractivity contribution in [2.24, 2.45) is 0 Å². The van der Waals surface area contributed by atoms with Crippen molar-refractivity contribution in [2.75, 3.05) is 12.3 Å². The third kappa shape index (κ3) is 5.90. The van der Waals surface area contributed by atoms with Crippen molar-refractivity contribution in [2.45, 2.75) is 43.8 Å². The van der Waals surface area contributed by atoms with Gasteiger partial charge in [-0.3, -0.25) is 4.79 Å². The van der Waals surface area contributed by atoms with E-state index in [0.717, 1.165) is 6.42 Å². The number of nitrogens with one attached hydrogen (secondary N) is 1. The molecule has 0 saturated carbocycles. The zero-order valence-corrected chi connectivity index (χ0v) is 17.9. The highest BCUT2D eigenvalue weighted by molar-refractivity contribution is 7.99. The van der Waals surface area contributed by atoms with Gasteiger partial charge in [0.2, 0.25) is 11.1 Å². The van der Waals surface area contributed by atoms with Crippen LogP contribution in [-0.2, 0) is 10.3 Å². The summed E-state index contributed by atoms with van der Waals surface area (Å²) in [7, 11) is 0. The van der Waals surface area contributed by atoms with Gasteiger partial charge in [-0.05, 0) is 48.7 Å². The van der Waals surface area contributed by atoms with Crippen LogP contribution in [0.2, 0.25) is 0 Å². The lowest BCUT2D eigenvalue weighted by Crippen LogP contribution is -2.28. The van der Waals surface area contributed by atoms with Crippen LogP contribution in [0.4, 0.5) is 0 Å². The van der Waals surface area contributed by atoms with E-state index >= 15 is 0 Å². The summed E-state index contributed by atoms with van der Waals surface area (Å²) < 4.78 is 1.74. The van der Waals surface area contributed by atoms with E-state index in [9.17, 15) is 4.79 Å². The van der Waals surface area contributed by atoms with E-state index in [-0.39, 0.29) is 23.1 Å². The molecular formula is C22H27N5OS. The van der Waals surface area contributed by atoms with Crippen LogP contribution in [0.25, 0.3) is 0 Å². The Kier molecular flexibility index (Phi) is 7.04. The fourth-order valence-corrected chi connectivity index (χ4v) is 4.01. The molecule has 1 amide bonds. The summed E-state index contributed by atoms with van der Waals surface area (Å²) in [5, 5.41) is 15.5. The summed E-state index contributed by atoms with van der Waals surface area (Å²) in [6.45, 7) is 6.69. The van der Waals surface area contributed by atoms with Crippen LogP contribution in [0, 0.1) is 0 Å². The summed E-state index contributed by atoms with van der Waals surface area (Å²) >= 11 is 1.36. The number of benzene rings is 2. The van der Waals surface area contributed by atoms with E-state index in [1.165, 1.54) is 22.9 Å².